The number of nitrogens with zero attached hydrogens (tertiary/aromatic N) is 1. The molecular formula is C16H20N2O2. The van der Waals surface area contributed by atoms with Crippen LogP contribution in [0.4, 0.5) is 0 Å². The number of rotatable bonds is 7. The molecule has 0 aliphatic carbocycles. The van der Waals surface area contributed by atoms with Crippen LogP contribution in [0.3, 0.4) is 0 Å². The molecule has 0 aliphatic rings. The molecule has 0 spiro atoms. The lowest BCUT2D eigenvalue weighted by molar-refractivity contribution is -0.136. The molecule has 0 bridgehead atoms. The van der Waals surface area contributed by atoms with Gasteiger partial charge in [0.25, 0.3) is 0 Å². The van der Waals surface area contributed by atoms with Gasteiger partial charge in [0.05, 0.1) is 6.42 Å². The van der Waals surface area contributed by atoms with E-state index in [1.807, 2.05) is 35.9 Å². The average molecular weight is 272 g/mol. The normalized spacial score (nSPS) is 11.2. The predicted molar refractivity (Wildman–Crippen MR) is 82.0 cm³/mol. The highest BCUT2D eigenvalue weighted by Gasteiger charge is 2.08. The van der Waals surface area contributed by atoms with E-state index in [2.05, 4.69) is 13.2 Å². The van der Waals surface area contributed by atoms with Gasteiger partial charge in [-0.1, -0.05) is 13.2 Å². The summed E-state index contributed by atoms with van der Waals surface area (Å²) in [7, 11) is 0. The lowest BCUT2D eigenvalue weighted by atomic mass is 10.1. The minimum atomic E-state index is -0.816. The lowest BCUT2D eigenvalue weighted by Crippen LogP contribution is -2.05. The van der Waals surface area contributed by atoms with Gasteiger partial charge in [0.15, 0.2) is 0 Å². The molecule has 4 heteroatoms. The van der Waals surface area contributed by atoms with E-state index in [0.717, 1.165) is 17.0 Å². The first-order valence-electron chi connectivity index (χ1n) is 6.33. The van der Waals surface area contributed by atoms with E-state index in [9.17, 15) is 4.79 Å². The first-order chi connectivity index (χ1) is 9.32. The Bertz CT molecular complexity index is 591. The van der Waals surface area contributed by atoms with E-state index in [4.69, 9.17) is 10.5 Å². The second kappa shape index (κ2) is 6.70. The maximum Gasteiger partial charge on any atom is 0.303 e. The van der Waals surface area contributed by atoms with Gasteiger partial charge in [-0.2, -0.15) is 0 Å². The highest BCUT2D eigenvalue weighted by Crippen LogP contribution is 2.19. The van der Waals surface area contributed by atoms with Crippen LogP contribution >= 0.6 is 0 Å². The fourth-order valence-corrected chi connectivity index (χ4v) is 1.76. The topological polar surface area (TPSA) is 66.1 Å². The van der Waals surface area contributed by atoms with E-state index < -0.39 is 5.97 Å². The van der Waals surface area contributed by atoms with Crippen LogP contribution in [0.25, 0.3) is 5.70 Å². The summed E-state index contributed by atoms with van der Waals surface area (Å²) in [6.45, 7) is 11.4. The largest absolute Gasteiger partial charge is 0.481 e. The van der Waals surface area contributed by atoms with E-state index >= 15 is 0 Å². The Morgan fingerprint density at radius 1 is 1.45 bits per heavy atom. The third-order valence-electron chi connectivity index (χ3n) is 3.05. The molecule has 0 aliphatic heterocycles. The highest BCUT2D eigenvalue weighted by atomic mass is 16.4. The van der Waals surface area contributed by atoms with Crippen LogP contribution in [0.2, 0.25) is 0 Å². The van der Waals surface area contributed by atoms with Gasteiger partial charge in [-0.25, -0.2) is 0 Å². The minimum Gasteiger partial charge on any atom is -0.481 e. The molecule has 2 N–H and O–H groups in total. The van der Waals surface area contributed by atoms with Crippen molar-refractivity contribution < 1.29 is 9.90 Å². The molecule has 20 heavy (non-hydrogen) atoms. The molecule has 1 aromatic heterocycles. The van der Waals surface area contributed by atoms with Crippen molar-refractivity contribution >= 4 is 17.4 Å². The van der Waals surface area contributed by atoms with E-state index in [0.29, 0.717) is 17.7 Å². The summed E-state index contributed by atoms with van der Waals surface area (Å²) in [4.78, 5) is 10.7. The number of aliphatic carboxylic acids is 1. The number of carboxylic acids is 1. The number of allylic oxidation sites excluding steroid dienone is 4. The quantitative estimate of drug-likeness (QED) is 0.589. The van der Waals surface area contributed by atoms with Gasteiger partial charge < -0.3 is 15.1 Å². The Balaban J connectivity index is 2.92. The summed E-state index contributed by atoms with van der Waals surface area (Å²) in [5.41, 5.74) is 3.62. The molecule has 1 rings (SSSR count). The van der Waals surface area contributed by atoms with Crippen LogP contribution in [0.1, 0.15) is 26.0 Å². The van der Waals surface area contributed by atoms with Gasteiger partial charge in [0, 0.05) is 23.3 Å². The fraction of sp³-hybridized carbons (Fsp3) is 0.250. The Labute approximate surface area is 119 Å². The summed E-state index contributed by atoms with van der Waals surface area (Å²) in [5.74, 6) is -0.816. The molecular weight excluding hydrogens is 252 g/mol. The second-order valence-electron chi connectivity index (χ2n) is 4.69. The molecule has 106 valence electrons. The van der Waals surface area contributed by atoms with Crippen molar-refractivity contribution in [2.75, 3.05) is 0 Å². The monoisotopic (exact) mass is 272 g/mol. The molecule has 0 unspecified atom stereocenters. The number of aryl methyl sites for hydroxylation is 1. The van der Waals surface area contributed by atoms with Crippen molar-refractivity contribution in [1.29, 1.82) is 5.41 Å². The summed E-state index contributed by atoms with van der Waals surface area (Å²) >= 11 is 0. The highest BCUT2D eigenvalue weighted by molar-refractivity contribution is 5.98. The molecule has 0 fully saturated rings. The van der Waals surface area contributed by atoms with Crippen molar-refractivity contribution in [3.05, 3.63) is 54.4 Å². The van der Waals surface area contributed by atoms with Crippen LogP contribution in [0.15, 0.2) is 48.7 Å². The number of carbonyl (C=O) groups is 1. The summed E-state index contributed by atoms with van der Waals surface area (Å²) in [5, 5.41) is 16.3. The van der Waals surface area contributed by atoms with Gasteiger partial charge in [-0.15, -0.1) is 0 Å². The zero-order chi connectivity index (χ0) is 15.3. The number of hydrogen-bond acceptors (Lipinski definition) is 2. The van der Waals surface area contributed by atoms with Crippen molar-refractivity contribution in [3.63, 3.8) is 0 Å². The number of aromatic nitrogens is 1. The van der Waals surface area contributed by atoms with Crippen molar-refractivity contribution in [3.8, 4) is 0 Å². The van der Waals surface area contributed by atoms with Crippen molar-refractivity contribution in [1.82, 2.24) is 4.57 Å². The van der Waals surface area contributed by atoms with Crippen molar-refractivity contribution in [2.24, 2.45) is 0 Å². The third kappa shape index (κ3) is 4.09. The van der Waals surface area contributed by atoms with Crippen LogP contribution in [0.5, 0.6) is 0 Å². The van der Waals surface area contributed by atoms with Crippen molar-refractivity contribution in [2.45, 2.75) is 26.7 Å². The van der Waals surface area contributed by atoms with Crippen LogP contribution in [-0.4, -0.2) is 21.4 Å². The molecule has 1 heterocycles. The molecule has 0 saturated heterocycles. The van der Waals surface area contributed by atoms with E-state index in [-0.39, 0.29) is 6.42 Å². The first kappa shape index (κ1) is 15.7. The standard InChI is InChI=1S/C16H20N2O2/c1-11(13(3)17)10-12(2)14(4)18-9-5-6-15(18)7-8-16(19)20/h5-6,9-10,17H,1,4,7-8H2,2-3H3,(H,19,20)/b12-10-,17-13?. The van der Waals surface area contributed by atoms with Gasteiger partial charge in [-0.3, -0.25) is 4.79 Å². The second-order valence-corrected chi connectivity index (χ2v) is 4.69. The summed E-state index contributed by atoms with van der Waals surface area (Å²) < 4.78 is 1.88. The Hall–Kier alpha value is -2.36. The molecule has 0 saturated carbocycles. The fourth-order valence-electron chi connectivity index (χ4n) is 1.76. The van der Waals surface area contributed by atoms with Crippen LogP contribution in [0, 0.1) is 5.41 Å². The molecule has 1 aromatic rings. The summed E-state index contributed by atoms with van der Waals surface area (Å²) in [6.07, 6.45) is 4.22. The zero-order valence-corrected chi connectivity index (χ0v) is 11.9. The number of hydrogen-bond donors (Lipinski definition) is 2. The van der Waals surface area contributed by atoms with Crippen LogP contribution in [-0.2, 0) is 11.2 Å². The van der Waals surface area contributed by atoms with Gasteiger partial charge >= 0.3 is 5.97 Å². The summed E-state index contributed by atoms with van der Waals surface area (Å²) in [6, 6.07) is 3.75. The SMILES string of the molecule is C=C(/C=C(/C)C(=C)n1cccc1CCC(=O)O)C(C)=N. The molecule has 0 aromatic carbocycles. The van der Waals surface area contributed by atoms with Gasteiger partial charge in [0.2, 0.25) is 0 Å². The molecule has 0 atom stereocenters. The van der Waals surface area contributed by atoms with Crippen LogP contribution < -0.4 is 0 Å². The Morgan fingerprint density at radius 2 is 2.10 bits per heavy atom. The molecule has 0 radical (unpaired) electrons. The maximum absolute atomic E-state index is 10.7. The molecule has 4 nitrogen and oxygen atoms in total. The smallest absolute Gasteiger partial charge is 0.303 e. The minimum absolute atomic E-state index is 0.0897. The zero-order valence-electron chi connectivity index (χ0n) is 11.9. The Morgan fingerprint density at radius 3 is 2.65 bits per heavy atom. The maximum atomic E-state index is 10.7. The number of nitrogens with one attached hydrogen (secondary N) is 1. The number of carboxylic acid groups (broad SMARTS) is 1. The average Bonchev–Trinajstić information content (AvgIpc) is 2.83. The first-order valence-corrected chi connectivity index (χ1v) is 6.33. The predicted octanol–water partition coefficient (Wildman–Crippen LogP) is 3.52. The Kier molecular flexibility index (Phi) is 5.26. The van der Waals surface area contributed by atoms with Gasteiger partial charge in [0.1, 0.15) is 0 Å². The lowest BCUT2D eigenvalue weighted by Gasteiger charge is -2.13. The van der Waals surface area contributed by atoms with Gasteiger partial charge in [-0.05, 0) is 49.6 Å². The molecule has 0 amide bonds. The third-order valence-corrected chi connectivity index (χ3v) is 3.05. The van der Waals surface area contributed by atoms with E-state index in [1.165, 1.54) is 0 Å². The van der Waals surface area contributed by atoms with E-state index in [1.54, 1.807) is 6.92 Å².